The average molecular weight is 277 g/mol. The van der Waals surface area contributed by atoms with E-state index in [4.69, 9.17) is 5.73 Å². The van der Waals surface area contributed by atoms with Crippen LogP contribution in [0.4, 0.5) is 5.69 Å². The van der Waals surface area contributed by atoms with Crippen molar-refractivity contribution in [1.29, 1.82) is 0 Å². The van der Waals surface area contributed by atoms with Gasteiger partial charge in [0, 0.05) is 33.7 Å². The summed E-state index contributed by atoms with van der Waals surface area (Å²) in [5.74, 6) is -0.0961. The minimum absolute atomic E-state index is 0.0961. The minimum Gasteiger partial charge on any atom is -0.398 e. The van der Waals surface area contributed by atoms with Gasteiger partial charge in [-0.1, -0.05) is 15.9 Å². The second kappa shape index (κ2) is 4.45. The van der Waals surface area contributed by atoms with Gasteiger partial charge >= 0.3 is 0 Å². The lowest BCUT2D eigenvalue weighted by Gasteiger charge is -2.05. The normalized spacial score (nSPS) is 10.1. The maximum absolute atomic E-state index is 12.1. The van der Waals surface area contributed by atoms with Crippen LogP contribution < -0.4 is 5.73 Å². The van der Waals surface area contributed by atoms with Crippen molar-refractivity contribution < 1.29 is 4.79 Å². The number of halogens is 1. The Bertz CT molecular complexity index is 526. The lowest BCUT2D eigenvalue weighted by atomic mass is 10.0. The summed E-state index contributed by atoms with van der Waals surface area (Å²) in [6, 6.07) is 8.57. The van der Waals surface area contributed by atoms with Crippen LogP contribution in [0.3, 0.4) is 0 Å². The molecule has 1 aromatic carbocycles. The van der Waals surface area contributed by atoms with Crippen LogP contribution >= 0.6 is 15.9 Å². The molecule has 0 amide bonds. The number of hydrogen-bond acceptors (Lipinski definition) is 3. The highest BCUT2D eigenvalue weighted by atomic mass is 79.9. The van der Waals surface area contributed by atoms with Crippen LogP contribution in [-0.4, -0.2) is 10.8 Å². The molecule has 2 aromatic rings. The summed E-state index contributed by atoms with van der Waals surface area (Å²) in [6.45, 7) is 0. The predicted molar refractivity (Wildman–Crippen MR) is 66.2 cm³/mol. The van der Waals surface area contributed by atoms with Gasteiger partial charge in [-0.05, 0) is 30.3 Å². The van der Waals surface area contributed by atoms with Gasteiger partial charge < -0.3 is 5.73 Å². The van der Waals surface area contributed by atoms with Crippen LogP contribution in [0.1, 0.15) is 15.9 Å². The average Bonchev–Trinajstić information content (AvgIpc) is 2.32. The van der Waals surface area contributed by atoms with Crippen LogP contribution in [0.5, 0.6) is 0 Å². The van der Waals surface area contributed by atoms with Gasteiger partial charge in [0.15, 0.2) is 5.78 Å². The number of rotatable bonds is 2. The van der Waals surface area contributed by atoms with Crippen LogP contribution in [0.25, 0.3) is 0 Å². The first-order valence-electron chi connectivity index (χ1n) is 4.68. The molecule has 0 radical (unpaired) electrons. The zero-order valence-corrected chi connectivity index (χ0v) is 9.94. The van der Waals surface area contributed by atoms with E-state index in [-0.39, 0.29) is 5.78 Å². The summed E-state index contributed by atoms with van der Waals surface area (Å²) in [6.07, 6.45) is 3.17. The first kappa shape index (κ1) is 10.8. The standard InChI is InChI=1S/C12H9BrN2O/c13-9-1-2-11(14)10(7-9)12(16)8-3-5-15-6-4-8/h1-7H,14H2. The molecule has 0 aliphatic heterocycles. The topological polar surface area (TPSA) is 56.0 Å². The third-order valence-electron chi connectivity index (χ3n) is 2.20. The SMILES string of the molecule is Nc1ccc(Br)cc1C(=O)c1ccncc1. The highest BCUT2D eigenvalue weighted by Crippen LogP contribution is 2.21. The van der Waals surface area contributed by atoms with Crippen molar-refractivity contribution in [2.45, 2.75) is 0 Å². The summed E-state index contributed by atoms with van der Waals surface area (Å²) in [5, 5.41) is 0. The monoisotopic (exact) mass is 276 g/mol. The van der Waals surface area contributed by atoms with Gasteiger partial charge in [0.25, 0.3) is 0 Å². The second-order valence-corrected chi connectivity index (χ2v) is 4.21. The number of carbonyl (C=O) groups is 1. The number of hydrogen-bond donors (Lipinski definition) is 1. The number of carbonyl (C=O) groups excluding carboxylic acids is 1. The first-order chi connectivity index (χ1) is 7.68. The lowest BCUT2D eigenvalue weighted by Crippen LogP contribution is -2.05. The zero-order chi connectivity index (χ0) is 11.5. The van der Waals surface area contributed by atoms with E-state index in [2.05, 4.69) is 20.9 Å². The lowest BCUT2D eigenvalue weighted by molar-refractivity contribution is 0.103. The quantitative estimate of drug-likeness (QED) is 0.678. The molecule has 4 heteroatoms. The molecule has 0 saturated heterocycles. The Labute approximate surface area is 101 Å². The molecule has 0 saturated carbocycles. The van der Waals surface area contributed by atoms with E-state index in [0.717, 1.165) is 4.47 Å². The van der Waals surface area contributed by atoms with Crippen molar-refractivity contribution in [3.8, 4) is 0 Å². The van der Waals surface area contributed by atoms with Crippen molar-refractivity contribution in [3.05, 3.63) is 58.3 Å². The molecular weight excluding hydrogens is 268 g/mol. The summed E-state index contributed by atoms with van der Waals surface area (Å²) >= 11 is 3.32. The van der Waals surface area contributed by atoms with Gasteiger partial charge in [-0.25, -0.2) is 0 Å². The number of ketones is 1. The molecule has 0 spiro atoms. The van der Waals surface area contributed by atoms with Crippen molar-refractivity contribution in [2.24, 2.45) is 0 Å². The smallest absolute Gasteiger partial charge is 0.195 e. The highest BCUT2D eigenvalue weighted by Gasteiger charge is 2.12. The maximum atomic E-state index is 12.1. The summed E-state index contributed by atoms with van der Waals surface area (Å²) in [4.78, 5) is 16.0. The van der Waals surface area contributed by atoms with Crippen molar-refractivity contribution >= 4 is 27.4 Å². The molecule has 0 aliphatic rings. The zero-order valence-electron chi connectivity index (χ0n) is 8.35. The second-order valence-electron chi connectivity index (χ2n) is 3.30. The third kappa shape index (κ3) is 2.12. The largest absolute Gasteiger partial charge is 0.398 e. The number of nitrogen functional groups attached to an aromatic ring is 1. The molecule has 16 heavy (non-hydrogen) atoms. The number of anilines is 1. The highest BCUT2D eigenvalue weighted by molar-refractivity contribution is 9.10. The summed E-state index contributed by atoms with van der Waals surface area (Å²) in [7, 11) is 0. The van der Waals surface area contributed by atoms with E-state index in [1.807, 2.05) is 0 Å². The minimum atomic E-state index is -0.0961. The molecular formula is C12H9BrN2O. The third-order valence-corrected chi connectivity index (χ3v) is 2.70. The van der Waals surface area contributed by atoms with Gasteiger partial charge in [0.1, 0.15) is 0 Å². The number of nitrogens with zero attached hydrogens (tertiary/aromatic N) is 1. The van der Waals surface area contributed by atoms with Gasteiger partial charge in [-0.15, -0.1) is 0 Å². The fourth-order valence-electron chi connectivity index (χ4n) is 1.38. The molecule has 3 nitrogen and oxygen atoms in total. The van der Waals surface area contributed by atoms with Crippen LogP contribution in [0.15, 0.2) is 47.2 Å². The number of pyridine rings is 1. The van der Waals surface area contributed by atoms with Gasteiger partial charge in [-0.3, -0.25) is 9.78 Å². The van der Waals surface area contributed by atoms with E-state index in [1.54, 1.807) is 42.7 Å². The van der Waals surface area contributed by atoms with Gasteiger partial charge in [0.05, 0.1) is 0 Å². The Hall–Kier alpha value is -1.68. The Morgan fingerprint density at radius 3 is 2.56 bits per heavy atom. The van der Waals surface area contributed by atoms with Crippen LogP contribution in [0.2, 0.25) is 0 Å². The van der Waals surface area contributed by atoms with E-state index in [1.165, 1.54) is 0 Å². The molecule has 1 aromatic heterocycles. The molecule has 0 fully saturated rings. The molecule has 80 valence electrons. The van der Waals surface area contributed by atoms with Gasteiger partial charge in [0.2, 0.25) is 0 Å². The van der Waals surface area contributed by atoms with E-state index in [0.29, 0.717) is 16.8 Å². The molecule has 0 bridgehead atoms. The van der Waals surface area contributed by atoms with Crippen molar-refractivity contribution in [1.82, 2.24) is 4.98 Å². The fourth-order valence-corrected chi connectivity index (χ4v) is 1.75. The van der Waals surface area contributed by atoms with E-state index < -0.39 is 0 Å². The molecule has 1 heterocycles. The van der Waals surface area contributed by atoms with E-state index in [9.17, 15) is 4.79 Å². The molecule has 2 rings (SSSR count). The fraction of sp³-hybridized carbons (Fsp3) is 0. The Balaban J connectivity index is 2.46. The van der Waals surface area contributed by atoms with Crippen LogP contribution in [0, 0.1) is 0 Å². The number of nitrogens with two attached hydrogens (primary N) is 1. The Kier molecular flexibility index (Phi) is 3.01. The Morgan fingerprint density at radius 2 is 1.88 bits per heavy atom. The van der Waals surface area contributed by atoms with Crippen molar-refractivity contribution in [3.63, 3.8) is 0 Å². The van der Waals surface area contributed by atoms with E-state index >= 15 is 0 Å². The molecule has 0 atom stereocenters. The predicted octanol–water partition coefficient (Wildman–Crippen LogP) is 2.66. The summed E-state index contributed by atoms with van der Waals surface area (Å²) < 4.78 is 0.833. The summed E-state index contributed by atoms with van der Waals surface area (Å²) in [5.41, 5.74) is 7.33. The van der Waals surface area contributed by atoms with Crippen molar-refractivity contribution in [2.75, 3.05) is 5.73 Å². The molecule has 0 unspecified atom stereocenters. The Morgan fingerprint density at radius 1 is 1.19 bits per heavy atom. The molecule has 0 aliphatic carbocycles. The first-order valence-corrected chi connectivity index (χ1v) is 5.47. The molecule has 2 N–H and O–H groups in total. The number of benzene rings is 1. The maximum Gasteiger partial charge on any atom is 0.195 e. The van der Waals surface area contributed by atoms with Crippen LogP contribution in [-0.2, 0) is 0 Å². The number of aromatic nitrogens is 1. The van der Waals surface area contributed by atoms with Gasteiger partial charge in [-0.2, -0.15) is 0 Å².